The van der Waals surface area contributed by atoms with Gasteiger partial charge in [0.05, 0.1) is 5.56 Å². The van der Waals surface area contributed by atoms with E-state index < -0.39 is 5.97 Å². The van der Waals surface area contributed by atoms with Gasteiger partial charge in [0.2, 0.25) is 0 Å². The van der Waals surface area contributed by atoms with Gasteiger partial charge >= 0.3 is 5.97 Å². The first kappa shape index (κ1) is 15.4. The molecule has 1 aromatic rings. The lowest BCUT2D eigenvalue weighted by molar-refractivity contribution is 0.0696. The van der Waals surface area contributed by atoms with Gasteiger partial charge in [-0.2, -0.15) is 0 Å². The molecule has 0 aliphatic rings. The summed E-state index contributed by atoms with van der Waals surface area (Å²) in [6.07, 6.45) is 1.52. The third-order valence-electron chi connectivity index (χ3n) is 2.87. The number of hydrogen-bond donors (Lipinski definition) is 3. The molecule has 5 nitrogen and oxygen atoms in total. The highest BCUT2D eigenvalue weighted by atomic mass is 16.4. The van der Waals surface area contributed by atoms with Gasteiger partial charge in [-0.05, 0) is 37.8 Å². The van der Waals surface area contributed by atoms with Crippen molar-refractivity contribution in [3.05, 3.63) is 23.4 Å². The Kier molecular flexibility index (Phi) is 5.76. The van der Waals surface area contributed by atoms with Gasteiger partial charge in [-0.25, -0.2) is 9.78 Å². The van der Waals surface area contributed by atoms with Crippen LogP contribution in [0.5, 0.6) is 0 Å². The minimum atomic E-state index is -0.949. The van der Waals surface area contributed by atoms with Crippen LogP contribution in [0.25, 0.3) is 0 Å². The SMILES string of the molecule is CC(CCCO)Nc1cc(C(=O)O)cc(C(C)C)n1. The zero-order chi connectivity index (χ0) is 14.4. The predicted molar refractivity (Wildman–Crippen MR) is 74.7 cm³/mol. The van der Waals surface area contributed by atoms with Crippen LogP contribution in [0.2, 0.25) is 0 Å². The van der Waals surface area contributed by atoms with Crippen molar-refractivity contribution in [3.8, 4) is 0 Å². The van der Waals surface area contributed by atoms with Gasteiger partial charge in [-0.3, -0.25) is 0 Å². The number of aromatic nitrogens is 1. The molecule has 5 heteroatoms. The molecule has 0 amide bonds. The molecular weight excluding hydrogens is 244 g/mol. The molecule has 0 fully saturated rings. The molecule has 1 atom stereocenters. The maximum atomic E-state index is 11.1. The molecule has 0 bridgehead atoms. The number of nitrogens with one attached hydrogen (secondary N) is 1. The Morgan fingerprint density at radius 2 is 2.05 bits per heavy atom. The summed E-state index contributed by atoms with van der Waals surface area (Å²) >= 11 is 0. The van der Waals surface area contributed by atoms with Crippen LogP contribution in [0, 0.1) is 0 Å². The first-order valence-electron chi connectivity index (χ1n) is 6.56. The summed E-state index contributed by atoms with van der Waals surface area (Å²) in [5.74, 6) is -0.197. The fraction of sp³-hybridized carbons (Fsp3) is 0.571. The molecule has 0 aromatic carbocycles. The first-order valence-corrected chi connectivity index (χ1v) is 6.56. The van der Waals surface area contributed by atoms with E-state index in [1.165, 1.54) is 0 Å². The van der Waals surface area contributed by atoms with Crippen molar-refractivity contribution >= 4 is 11.8 Å². The highest BCUT2D eigenvalue weighted by molar-refractivity contribution is 5.88. The smallest absolute Gasteiger partial charge is 0.335 e. The molecule has 1 aromatic heterocycles. The van der Waals surface area contributed by atoms with Crippen molar-refractivity contribution in [1.29, 1.82) is 0 Å². The molecule has 1 rings (SSSR count). The van der Waals surface area contributed by atoms with E-state index in [0.29, 0.717) is 12.2 Å². The lowest BCUT2D eigenvalue weighted by Crippen LogP contribution is -2.17. The lowest BCUT2D eigenvalue weighted by atomic mass is 10.1. The standard InChI is InChI=1S/C14H22N2O3/c1-9(2)12-7-11(14(18)19)8-13(16-12)15-10(3)5-4-6-17/h7-10,17H,4-6H2,1-3H3,(H,15,16)(H,18,19). The van der Waals surface area contributed by atoms with Gasteiger partial charge in [-0.1, -0.05) is 13.8 Å². The van der Waals surface area contributed by atoms with Gasteiger partial charge in [0.15, 0.2) is 0 Å². The van der Waals surface area contributed by atoms with Crippen LogP contribution in [0.1, 0.15) is 55.6 Å². The van der Waals surface area contributed by atoms with E-state index in [1.54, 1.807) is 12.1 Å². The number of carboxylic acids is 1. The molecule has 0 radical (unpaired) electrons. The number of rotatable bonds is 7. The average molecular weight is 266 g/mol. The minimum absolute atomic E-state index is 0.142. The molecule has 1 heterocycles. The van der Waals surface area contributed by atoms with Crippen molar-refractivity contribution in [1.82, 2.24) is 4.98 Å². The number of aromatic carboxylic acids is 1. The lowest BCUT2D eigenvalue weighted by Gasteiger charge is -2.16. The van der Waals surface area contributed by atoms with Crippen LogP contribution >= 0.6 is 0 Å². The summed E-state index contributed by atoms with van der Waals surface area (Å²) in [6, 6.07) is 3.30. The van der Waals surface area contributed by atoms with Crippen molar-refractivity contribution in [2.24, 2.45) is 0 Å². The van der Waals surface area contributed by atoms with E-state index in [4.69, 9.17) is 10.2 Å². The number of carboxylic acid groups (broad SMARTS) is 1. The zero-order valence-corrected chi connectivity index (χ0v) is 11.7. The van der Waals surface area contributed by atoms with Crippen molar-refractivity contribution in [2.75, 3.05) is 11.9 Å². The molecule has 0 saturated heterocycles. The average Bonchev–Trinajstić information content (AvgIpc) is 2.35. The van der Waals surface area contributed by atoms with Crippen LogP contribution in [-0.2, 0) is 0 Å². The highest BCUT2D eigenvalue weighted by Gasteiger charge is 2.12. The van der Waals surface area contributed by atoms with Crippen molar-refractivity contribution in [2.45, 2.75) is 45.6 Å². The van der Waals surface area contributed by atoms with E-state index in [1.807, 2.05) is 20.8 Å². The maximum absolute atomic E-state index is 11.1. The summed E-state index contributed by atoms with van der Waals surface area (Å²) in [6.45, 7) is 6.10. The summed E-state index contributed by atoms with van der Waals surface area (Å²) in [7, 11) is 0. The fourth-order valence-corrected chi connectivity index (χ4v) is 1.77. The molecular formula is C14H22N2O3. The number of aliphatic hydroxyl groups is 1. The van der Waals surface area contributed by atoms with Crippen LogP contribution in [0.3, 0.4) is 0 Å². The Balaban J connectivity index is 2.90. The molecule has 0 aliphatic heterocycles. The van der Waals surface area contributed by atoms with E-state index in [9.17, 15) is 4.79 Å². The topological polar surface area (TPSA) is 82.5 Å². The Bertz CT molecular complexity index is 433. The molecule has 1 unspecified atom stereocenters. The molecule has 0 spiro atoms. The Morgan fingerprint density at radius 3 is 2.58 bits per heavy atom. The number of anilines is 1. The van der Waals surface area contributed by atoms with Crippen LogP contribution in [-0.4, -0.2) is 33.8 Å². The summed E-state index contributed by atoms with van der Waals surface area (Å²) in [4.78, 5) is 15.5. The number of carbonyl (C=O) groups is 1. The van der Waals surface area contributed by atoms with Gasteiger partial charge in [0.1, 0.15) is 5.82 Å². The minimum Gasteiger partial charge on any atom is -0.478 e. The van der Waals surface area contributed by atoms with E-state index in [0.717, 1.165) is 12.1 Å². The molecule has 0 aliphatic carbocycles. The van der Waals surface area contributed by atoms with E-state index >= 15 is 0 Å². The number of nitrogens with zero attached hydrogens (tertiary/aromatic N) is 1. The third-order valence-corrected chi connectivity index (χ3v) is 2.87. The Hall–Kier alpha value is -1.62. The summed E-state index contributed by atoms with van der Waals surface area (Å²) in [5.41, 5.74) is 1.01. The molecule has 106 valence electrons. The molecule has 0 saturated carbocycles. The second-order valence-electron chi connectivity index (χ2n) is 5.04. The van der Waals surface area contributed by atoms with Gasteiger partial charge in [-0.15, -0.1) is 0 Å². The largest absolute Gasteiger partial charge is 0.478 e. The first-order chi connectivity index (χ1) is 8.93. The normalized spacial score (nSPS) is 12.5. The highest BCUT2D eigenvalue weighted by Crippen LogP contribution is 2.18. The number of pyridine rings is 1. The van der Waals surface area contributed by atoms with Gasteiger partial charge in [0, 0.05) is 18.3 Å². The quantitative estimate of drug-likeness (QED) is 0.706. The second-order valence-corrected chi connectivity index (χ2v) is 5.04. The zero-order valence-electron chi connectivity index (χ0n) is 11.7. The number of hydrogen-bond acceptors (Lipinski definition) is 4. The predicted octanol–water partition coefficient (Wildman–Crippen LogP) is 2.48. The van der Waals surface area contributed by atoms with Crippen LogP contribution in [0.15, 0.2) is 12.1 Å². The summed E-state index contributed by atoms with van der Waals surface area (Å²) < 4.78 is 0. The second kappa shape index (κ2) is 7.09. The molecule has 3 N–H and O–H groups in total. The fourth-order valence-electron chi connectivity index (χ4n) is 1.77. The molecule has 19 heavy (non-hydrogen) atoms. The van der Waals surface area contributed by atoms with Crippen LogP contribution < -0.4 is 5.32 Å². The Labute approximate surface area is 113 Å². The van der Waals surface area contributed by atoms with Gasteiger partial charge in [0.25, 0.3) is 0 Å². The van der Waals surface area contributed by atoms with Crippen LogP contribution in [0.4, 0.5) is 5.82 Å². The monoisotopic (exact) mass is 266 g/mol. The number of aliphatic hydroxyl groups excluding tert-OH is 1. The summed E-state index contributed by atoms with van der Waals surface area (Å²) in [5, 5.41) is 21.1. The van der Waals surface area contributed by atoms with Crippen molar-refractivity contribution in [3.63, 3.8) is 0 Å². The third kappa shape index (κ3) is 4.87. The van der Waals surface area contributed by atoms with E-state index in [-0.39, 0.29) is 24.1 Å². The van der Waals surface area contributed by atoms with Crippen molar-refractivity contribution < 1.29 is 15.0 Å². The Morgan fingerprint density at radius 1 is 1.37 bits per heavy atom. The van der Waals surface area contributed by atoms with Gasteiger partial charge < -0.3 is 15.5 Å². The maximum Gasteiger partial charge on any atom is 0.335 e. The van der Waals surface area contributed by atoms with E-state index in [2.05, 4.69) is 10.3 Å².